The Morgan fingerprint density at radius 2 is 2.15 bits per heavy atom. The molecule has 0 aliphatic heterocycles. The Balaban J connectivity index is 2.12. The van der Waals surface area contributed by atoms with Gasteiger partial charge in [-0.1, -0.05) is 0 Å². The maximum Gasteiger partial charge on any atom is 0.342 e. The van der Waals surface area contributed by atoms with Crippen molar-refractivity contribution < 1.29 is 29.0 Å². The van der Waals surface area contributed by atoms with Crippen LogP contribution < -0.4 is 9.47 Å². The third-order valence-electron chi connectivity index (χ3n) is 3.64. The van der Waals surface area contributed by atoms with Gasteiger partial charge in [-0.25, -0.2) is 14.3 Å². The molecule has 10 heteroatoms. The zero-order valence-electron chi connectivity index (χ0n) is 14.5. The smallest absolute Gasteiger partial charge is 0.342 e. The van der Waals surface area contributed by atoms with Crippen molar-refractivity contribution in [3.8, 4) is 11.5 Å². The number of imidazole rings is 1. The van der Waals surface area contributed by atoms with Crippen molar-refractivity contribution >= 4 is 11.8 Å². The summed E-state index contributed by atoms with van der Waals surface area (Å²) in [7, 11) is 2.71. The van der Waals surface area contributed by atoms with Gasteiger partial charge < -0.3 is 29.4 Å². The third-order valence-corrected chi connectivity index (χ3v) is 3.64. The van der Waals surface area contributed by atoms with Crippen LogP contribution in [0.2, 0.25) is 0 Å². The Morgan fingerprint density at radius 1 is 1.42 bits per heavy atom. The van der Waals surface area contributed by atoms with Crippen LogP contribution in [0, 0.1) is 17.0 Å². The fourth-order valence-electron chi connectivity index (χ4n) is 2.30. The van der Waals surface area contributed by atoms with Crippen LogP contribution in [0.1, 0.15) is 16.2 Å². The second-order valence-electron chi connectivity index (χ2n) is 5.35. The molecule has 0 unspecified atom stereocenters. The second-order valence-corrected chi connectivity index (χ2v) is 5.35. The van der Waals surface area contributed by atoms with E-state index in [1.165, 1.54) is 30.9 Å². The predicted octanol–water partition coefficient (Wildman–Crippen LogP) is 1.33. The Morgan fingerprint density at radius 3 is 2.77 bits per heavy atom. The van der Waals surface area contributed by atoms with Gasteiger partial charge >= 0.3 is 11.8 Å². The molecule has 26 heavy (non-hydrogen) atoms. The van der Waals surface area contributed by atoms with Crippen LogP contribution >= 0.6 is 0 Å². The van der Waals surface area contributed by atoms with Crippen molar-refractivity contribution in [2.45, 2.75) is 19.6 Å². The van der Waals surface area contributed by atoms with Gasteiger partial charge in [0, 0.05) is 13.0 Å². The normalized spacial score (nSPS) is 11.7. The Kier molecular flexibility index (Phi) is 6.12. The number of aliphatic hydroxyl groups excluding tert-OH is 1. The van der Waals surface area contributed by atoms with E-state index in [1.54, 1.807) is 13.0 Å². The van der Waals surface area contributed by atoms with Crippen LogP contribution in [-0.4, -0.2) is 52.5 Å². The van der Waals surface area contributed by atoms with E-state index in [4.69, 9.17) is 14.2 Å². The van der Waals surface area contributed by atoms with Crippen molar-refractivity contribution in [2.75, 3.05) is 20.8 Å². The molecule has 1 atom stereocenters. The van der Waals surface area contributed by atoms with E-state index in [0.29, 0.717) is 11.6 Å². The summed E-state index contributed by atoms with van der Waals surface area (Å²) in [6.45, 7) is 1.31. The molecular weight excluding hydrogens is 346 g/mol. The second kappa shape index (κ2) is 8.30. The lowest BCUT2D eigenvalue weighted by Gasteiger charge is -2.15. The van der Waals surface area contributed by atoms with Crippen LogP contribution in [0.3, 0.4) is 0 Å². The van der Waals surface area contributed by atoms with Crippen molar-refractivity contribution in [3.63, 3.8) is 0 Å². The van der Waals surface area contributed by atoms with Crippen LogP contribution in [-0.2, 0) is 11.3 Å². The first kappa shape index (κ1) is 19.2. The topological polar surface area (TPSA) is 126 Å². The Bertz CT molecular complexity index is 803. The van der Waals surface area contributed by atoms with Crippen LogP contribution in [0.15, 0.2) is 24.4 Å². The molecule has 1 aromatic carbocycles. The summed E-state index contributed by atoms with van der Waals surface area (Å²) in [5, 5.41) is 21.2. The molecular formula is C16H19N3O7. The molecule has 0 aliphatic rings. The minimum absolute atomic E-state index is 0.0837. The number of aryl methyl sites for hydroxylation is 1. The monoisotopic (exact) mass is 365 g/mol. The molecule has 0 spiro atoms. The molecule has 0 radical (unpaired) electrons. The molecule has 0 aliphatic carbocycles. The Labute approximate surface area is 149 Å². The van der Waals surface area contributed by atoms with Crippen LogP contribution in [0.5, 0.6) is 11.5 Å². The number of esters is 1. The highest BCUT2D eigenvalue weighted by atomic mass is 16.6. The van der Waals surface area contributed by atoms with Crippen molar-refractivity contribution in [3.05, 3.63) is 45.9 Å². The van der Waals surface area contributed by atoms with Gasteiger partial charge in [-0.05, 0) is 17.1 Å². The molecule has 0 saturated carbocycles. The first-order valence-electron chi connectivity index (χ1n) is 7.61. The number of nitrogens with zero attached hydrogens (tertiary/aromatic N) is 3. The SMILES string of the molecule is COC(=O)c1ccc(OC)cc1OC[C@@H](O)Cn1c([N+](=O)[O-])cnc1C. The van der Waals surface area contributed by atoms with Crippen molar-refractivity contribution in [2.24, 2.45) is 0 Å². The quantitative estimate of drug-likeness (QED) is 0.422. The van der Waals surface area contributed by atoms with Gasteiger partial charge in [0.25, 0.3) is 0 Å². The van der Waals surface area contributed by atoms with Crippen molar-refractivity contribution in [1.82, 2.24) is 9.55 Å². The molecule has 1 N–H and O–H groups in total. The van der Waals surface area contributed by atoms with Gasteiger partial charge in [-0.15, -0.1) is 0 Å². The summed E-state index contributed by atoms with van der Waals surface area (Å²) in [6, 6.07) is 4.55. The molecule has 1 heterocycles. The van der Waals surface area contributed by atoms with Crippen molar-refractivity contribution in [1.29, 1.82) is 0 Å². The van der Waals surface area contributed by atoms with E-state index < -0.39 is 17.0 Å². The van der Waals surface area contributed by atoms with E-state index in [9.17, 15) is 20.0 Å². The van der Waals surface area contributed by atoms with Crippen LogP contribution in [0.25, 0.3) is 0 Å². The molecule has 0 saturated heterocycles. The van der Waals surface area contributed by atoms with E-state index >= 15 is 0 Å². The average Bonchev–Trinajstić information content (AvgIpc) is 2.99. The van der Waals surface area contributed by atoms with E-state index in [2.05, 4.69) is 4.98 Å². The lowest BCUT2D eigenvalue weighted by molar-refractivity contribution is -0.392. The van der Waals surface area contributed by atoms with Gasteiger partial charge in [0.2, 0.25) is 0 Å². The first-order valence-corrected chi connectivity index (χ1v) is 7.61. The molecule has 0 fully saturated rings. The first-order chi connectivity index (χ1) is 12.4. The number of ether oxygens (including phenoxy) is 3. The number of carbonyl (C=O) groups is 1. The van der Waals surface area contributed by atoms with Gasteiger partial charge in [0.15, 0.2) is 5.82 Å². The summed E-state index contributed by atoms with van der Waals surface area (Å²) < 4.78 is 16.6. The van der Waals surface area contributed by atoms with E-state index in [-0.39, 0.29) is 30.3 Å². The Hall–Kier alpha value is -3.14. The number of benzene rings is 1. The number of hydrogen-bond donors (Lipinski definition) is 1. The molecule has 140 valence electrons. The molecule has 2 aromatic rings. The minimum atomic E-state index is -1.07. The maximum atomic E-state index is 11.8. The average molecular weight is 365 g/mol. The molecule has 0 amide bonds. The fraction of sp³-hybridized carbons (Fsp3) is 0.375. The highest BCUT2D eigenvalue weighted by Gasteiger charge is 2.22. The van der Waals surface area contributed by atoms with Gasteiger partial charge in [-0.3, -0.25) is 0 Å². The van der Waals surface area contributed by atoms with E-state index in [0.717, 1.165) is 6.20 Å². The highest BCUT2D eigenvalue weighted by Crippen LogP contribution is 2.26. The van der Waals surface area contributed by atoms with Crippen LogP contribution in [0.4, 0.5) is 5.82 Å². The largest absolute Gasteiger partial charge is 0.497 e. The fourth-order valence-corrected chi connectivity index (χ4v) is 2.30. The number of methoxy groups -OCH3 is 2. The maximum absolute atomic E-state index is 11.8. The van der Waals surface area contributed by atoms with Gasteiger partial charge in [0.1, 0.15) is 42.5 Å². The standard InChI is InChI=1S/C16H19N3O7/c1-10-17-7-15(19(22)23)18(10)8-11(20)9-26-14-6-12(24-2)4-5-13(14)16(21)25-3/h4-7,11,20H,8-9H2,1-3H3/t11-/m0/s1. The van der Waals surface area contributed by atoms with Gasteiger partial charge in [-0.2, -0.15) is 0 Å². The molecule has 1 aromatic heterocycles. The third kappa shape index (κ3) is 4.28. The number of carbonyl (C=O) groups excluding carboxylic acids is 1. The minimum Gasteiger partial charge on any atom is -0.497 e. The summed E-state index contributed by atoms with van der Waals surface area (Å²) in [6.07, 6.45) is 0.0543. The zero-order valence-corrected chi connectivity index (χ0v) is 14.5. The molecule has 10 nitrogen and oxygen atoms in total. The molecule has 2 rings (SSSR count). The zero-order chi connectivity index (χ0) is 19.3. The van der Waals surface area contributed by atoms with E-state index in [1.807, 2.05) is 0 Å². The van der Waals surface area contributed by atoms with Gasteiger partial charge in [0.05, 0.1) is 14.2 Å². The number of rotatable bonds is 8. The lowest BCUT2D eigenvalue weighted by atomic mass is 10.2. The summed E-state index contributed by atoms with van der Waals surface area (Å²) in [5.41, 5.74) is 0.172. The molecule has 0 bridgehead atoms. The highest BCUT2D eigenvalue weighted by molar-refractivity contribution is 5.92. The number of aromatic nitrogens is 2. The number of aliphatic hydroxyl groups is 1. The lowest BCUT2D eigenvalue weighted by Crippen LogP contribution is -2.25. The number of nitro groups is 1. The summed E-state index contributed by atoms with van der Waals surface area (Å²) in [4.78, 5) is 26.1. The number of hydrogen-bond acceptors (Lipinski definition) is 8. The summed E-state index contributed by atoms with van der Waals surface area (Å²) >= 11 is 0. The summed E-state index contributed by atoms with van der Waals surface area (Å²) in [5.74, 6) is 0.208. The predicted molar refractivity (Wildman–Crippen MR) is 89.5 cm³/mol.